The first-order valence-corrected chi connectivity index (χ1v) is 18.3. The Kier molecular flexibility index (Phi) is 12.1. The van der Waals surface area contributed by atoms with Crippen LogP contribution in [0, 0.1) is 17.8 Å². The van der Waals surface area contributed by atoms with Gasteiger partial charge in [-0.15, -0.1) is 0 Å². The molecule has 5 rings (SSSR count). The average molecular weight is 675 g/mol. The fraction of sp³-hybridized carbons (Fsp3) is 0.571. The van der Waals surface area contributed by atoms with Crippen LogP contribution in [0.3, 0.4) is 0 Å². The number of nitrogens with one attached hydrogen (secondary N) is 1. The molecule has 11 heteroatoms. The zero-order chi connectivity index (χ0) is 32.7. The number of allylic oxidation sites excluding steroid dienone is 1. The first-order valence-electron chi connectivity index (χ1n) is 16.4. The SMILES string of the molecule is COCCOCC[C@@H]1[C@@H](C)C/C=C/[C@H](O)[C@@H]2CC[C@H]2CN2CCCCc3cc(Cl)ccc3COc3ccc(cc32)C(=O)NS1(=O)=O. The number of anilines is 1. The molecule has 2 aromatic carbocycles. The van der Waals surface area contributed by atoms with E-state index in [1.807, 2.05) is 37.3 Å². The molecule has 2 aromatic rings. The number of hydrogen-bond acceptors (Lipinski definition) is 8. The van der Waals surface area contributed by atoms with Crippen molar-refractivity contribution in [3.8, 4) is 5.75 Å². The molecule has 0 aromatic heterocycles. The number of hydrogen-bond donors (Lipinski definition) is 2. The zero-order valence-corrected chi connectivity index (χ0v) is 28.4. The molecular weight excluding hydrogens is 628 g/mol. The van der Waals surface area contributed by atoms with E-state index in [-0.39, 0.29) is 36.3 Å². The summed E-state index contributed by atoms with van der Waals surface area (Å²) in [6.07, 6.45) is 8.42. The monoisotopic (exact) mass is 674 g/mol. The number of fused-ring (bicyclic) bond motifs is 3. The minimum absolute atomic E-state index is 0.105. The number of aliphatic hydroxyl groups is 1. The van der Waals surface area contributed by atoms with Gasteiger partial charge in [-0.25, -0.2) is 13.1 Å². The fourth-order valence-corrected chi connectivity index (χ4v) is 8.67. The van der Waals surface area contributed by atoms with Gasteiger partial charge in [-0.05, 0) is 104 Å². The van der Waals surface area contributed by atoms with Crippen LogP contribution in [0.15, 0.2) is 48.6 Å². The quantitative estimate of drug-likeness (QED) is 0.304. The van der Waals surface area contributed by atoms with Crippen molar-refractivity contribution in [3.63, 3.8) is 0 Å². The van der Waals surface area contributed by atoms with Crippen LogP contribution in [0.2, 0.25) is 5.02 Å². The summed E-state index contributed by atoms with van der Waals surface area (Å²) in [5.41, 5.74) is 3.22. The maximum atomic E-state index is 13.7. The third-order valence-electron chi connectivity index (χ3n) is 9.70. The lowest BCUT2D eigenvalue weighted by molar-refractivity contribution is 0.0460. The van der Waals surface area contributed by atoms with Gasteiger partial charge in [0.25, 0.3) is 5.91 Å². The van der Waals surface area contributed by atoms with E-state index in [0.29, 0.717) is 43.6 Å². The molecule has 2 heterocycles. The van der Waals surface area contributed by atoms with Gasteiger partial charge in [0.2, 0.25) is 10.0 Å². The van der Waals surface area contributed by atoms with Gasteiger partial charge in [-0.2, -0.15) is 0 Å². The smallest absolute Gasteiger partial charge is 0.264 e. The summed E-state index contributed by atoms with van der Waals surface area (Å²) in [6, 6.07) is 11.0. The molecule has 0 unspecified atom stereocenters. The van der Waals surface area contributed by atoms with E-state index in [4.69, 9.17) is 25.8 Å². The topological polar surface area (TPSA) is 114 Å². The standard InChI is InChI=1S/C35H47ClN2O7S/c1-24-6-5-8-32(39)30-13-10-27(30)22-38-16-4-3-7-25-20-29(36)12-9-28(25)23-45-33-14-11-26(21-31(33)38)35(40)37-46(41,42)34(24)15-17-44-19-18-43-2/h5,8-9,11-12,14,20-21,24,27,30,32,34,39H,3-4,6-7,10,13,15-19,22-23H2,1-2H3,(H,37,40)/b8-5+/t24-,27-,30+,32-,34+/m0/s1. The third-order valence-corrected chi connectivity index (χ3v) is 11.9. The molecule has 1 fully saturated rings. The predicted molar refractivity (Wildman–Crippen MR) is 180 cm³/mol. The van der Waals surface area contributed by atoms with Crippen molar-refractivity contribution in [3.05, 3.63) is 70.3 Å². The van der Waals surface area contributed by atoms with Gasteiger partial charge in [-0.3, -0.25) is 4.79 Å². The van der Waals surface area contributed by atoms with E-state index >= 15 is 0 Å². The highest BCUT2D eigenvalue weighted by molar-refractivity contribution is 7.90. The first-order chi connectivity index (χ1) is 22.2. The van der Waals surface area contributed by atoms with Crippen molar-refractivity contribution in [2.45, 2.75) is 69.8 Å². The lowest BCUT2D eigenvalue weighted by Crippen LogP contribution is -2.44. The van der Waals surface area contributed by atoms with E-state index in [9.17, 15) is 18.3 Å². The number of amides is 1. The lowest BCUT2D eigenvalue weighted by Gasteiger charge is -2.42. The first kappa shape index (κ1) is 34.7. The van der Waals surface area contributed by atoms with E-state index in [0.717, 1.165) is 55.5 Å². The van der Waals surface area contributed by atoms with Crippen LogP contribution in [0.5, 0.6) is 5.75 Å². The number of methoxy groups -OCH3 is 1. The molecule has 252 valence electrons. The summed E-state index contributed by atoms with van der Waals surface area (Å²) in [5.74, 6) is 0.00911. The number of benzene rings is 2. The summed E-state index contributed by atoms with van der Waals surface area (Å²) in [6.45, 7) is 4.61. The third kappa shape index (κ3) is 8.63. The van der Waals surface area contributed by atoms with Gasteiger partial charge in [0.05, 0.1) is 30.3 Å². The molecule has 1 saturated carbocycles. The number of nitrogens with zero attached hydrogens (tertiary/aromatic N) is 1. The van der Waals surface area contributed by atoms with Crippen molar-refractivity contribution in [2.75, 3.05) is 44.9 Å². The molecule has 1 aliphatic carbocycles. The van der Waals surface area contributed by atoms with Crippen LogP contribution in [-0.4, -0.2) is 70.8 Å². The maximum absolute atomic E-state index is 13.7. The molecular formula is C35H47ClN2O7S. The zero-order valence-electron chi connectivity index (χ0n) is 26.8. The predicted octanol–water partition coefficient (Wildman–Crippen LogP) is 5.53. The molecule has 1 amide bonds. The summed E-state index contributed by atoms with van der Waals surface area (Å²) in [5, 5.41) is 11.0. The maximum Gasteiger partial charge on any atom is 0.264 e. The second kappa shape index (κ2) is 16.0. The Bertz CT molecular complexity index is 1480. The normalized spacial score (nSPS) is 27.5. The molecule has 2 N–H and O–H groups in total. The van der Waals surface area contributed by atoms with Gasteiger partial charge >= 0.3 is 0 Å². The Balaban J connectivity index is 1.49. The van der Waals surface area contributed by atoms with E-state index in [2.05, 4.69) is 9.62 Å². The van der Waals surface area contributed by atoms with Crippen LogP contribution in [0.4, 0.5) is 5.69 Å². The van der Waals surface area contributed by atoms with Gasteiger partial charge < -0.3 is 24.2 Å². The van der Waals surface area contributed by atoms with Crippen LogP contribution < -0.4 is 14.4 Å². The Morgan fingerprint density at radius 2 is 1.93 bits per heavy atom. The van der Waals surface area contributed by atoms with Crippen molar-refractivity contribution in [2.24, 2.45) is 17.8 Å². The van der Waals surface area contributed by atoms with E-state index in [1.54, 1.807) is 25.3 Å². The summed E-state index contributed by atoms with van der Waals surface area (Å²) in [7, 11) is -2.50. The number of halogens is 1. The minimum Gasteiger partial charge on any atom is -0.487 e. The van der Waals surface area contributed by atoms with E-state index < -0.39 is 27.3 Å². The second-order valence-corrected chi connectivity index (χ2v) is 15.2. The van der Waals surface area contributed by atoms with Crippen LogP contribution >= 0.6 is 11.6 Å². The number of aryl methyl sites for hydroxylation is 1. The summed E-state index contributed by atoms with van der Waals surface area (Å²) in [4.78, 5) is 15.9. The van der Waals surface area contributed by atoms with Crippen molar-refractivity contribution >= 4 is 33.2 Å². The molecule has 0 saturated heterocycles. The number of sulfonamides is 1. The van der Waals surface area contributed by atoms with Gasteiger partial charge in [0.15, 0.2) is 0 Å². The Labute approximate surface area is 278 Å². The summed E-state index contributed by atoms with van der Waals surface area (Å²) >= 11 is 6.32. The number of rotatable bonds is 6. The Hall–Kier alpha value is -2.63. The molecule has 0 spiro atoms. The largest absolute Gasteiger partial charge is 0.487 e. The highest BCUT2D eigenvalue weighted by atomic mass is 35.5. The van der Waals surface area contributed by atoms with Crippen molar-refractivity contribution in [1.29, 1.82) is 0 Å². The number of carbonyl (C=O) groups is 1. The van der Waals surface area contributed by atoms with Crippen LogP contribution in [-0.2, 0) is 32.5 Å². The molecule has 9 nitrogen and oxygen atoms in total. The molecule has 3 aliphatic rings. The number of carbonyl (C=O) groups excluding carboxylic acids is 1. The Morgan fingerprint density at radius 1 is 1.09 bits per heavy atom. The summed E-state index contributed by atoms with van der Waals surface area (Å²) < 4.78 is 46.9. The highest BCUT2D eigenvalue weighted by Crippen LogP contribution is 2.41. The highest BCUT2D eigenvalue weighted by Gasteiger charge is 2.37. The molecule has 2 bridgehead atoms. The van der Waals surface area contributed by atoms with Crippen LogP contribution in [0.1, 0.15) is 66.9 Å². The van der Waals surface area contributed by atoms with Crippen LogP contribution in [0.25, 0.3) is 0 Å². The van der Waals surface area contributed by atoms with Crippen molar-refractivity contribution < 1.29 is 32.5 Å². The van der Waals surface area contributed by atoms with Crippen molar-refractivity contribution in [1.82, 2.24) is 4.72 Å². The lowest BCUT2D eigenvalue weighted by atomic mass is 9.70. The fourth-order valence-electron chi connectivity index (χ4n) is 6.81. The Morgan fingerprint density at radius 3 is 2.72 bits per heavy atom. The molecule has 46 heavy (non-hydrogen) atoms. The minimum atomic E-state index is -4.08. The molecule has 5 atom stereocenters. The van der Waals surface area contributed by atoms with Gasteiger partial charge in [0.1, 0.15) is 12.4 Å². The van der Waals surface area contributed by atoms with E-state index in [1.165, 1.54) is 0 Å². The van der Waals surface area contributed by atoms with Gasteiger partial charge in [-0.1, -0.05) is 36.7 Å². The number of ether oxygens (including phenoxy) is 3. The average Bonchev–Trinajstić information content (AvgIpc) is 3.03. The number of aliphatic hydroxyl groups excluding tert-OH is 1. The molecule has 0 radical (unpaired) electrons. The molecule has 2 aliphatic heterocycles. The van der Waals surface area contributed by atoms with Gasteiger partial charge in [0, 0.05) is 37.4 Å². The second-order valence-electron chi connectivity index (χ2n) is 12.8.